The van der Waals surface area contributed by atoms with E-state index < -0.39 is 23.0 Å². The summed E-state index contributed by atoms with van der Waals surface area (Å²) in [5.41, 5.74) is 0.547. The van der Waals surface area contributed by atoms with Gasteiger partial charge in [-0.15, -0.1) is 0 Å². The van der Waals surface area contributed by atoms with Gasteiger partial charge in [0, 0.05) is 12.6 Å². The highest BCUT2D eigenvalue weighted by Gasteiger charge is 2.48. The van der Waals surface area contributed by atoms with Gasteiger partial charge in [0.1, 0.15) is 5.82 Å². The van der Waals surface area contributed by atoms with Gasteiger partial charge < -0.3 is 10.2 Å². The molecule has 1 aliphatic heterocycles. The Balaban J connectivity index is 1.29. The largest absolute Gasteiger partial charge is 0.416 e. The fraction of sp³-hybridized carbons (Fsp3) is 0.387. The first-order chi connectivity index (χ1) is 18.2. The van der Waals surface area contributed by atoms with Crippen LogP contribution < -0.4 is 5.32 Å². The standard InChI is InChI=1S/C31H32F4N2O/c32-27-18-22(17-26(19-27)31(33,34)35)21-36-29(38)30(25-9-5-2-6-10-25)14-11-28(20-30)37-15-12-24(13-16-37)23-7-3-1-4-8-23/h1-10,17-19,24,28H,11-16,20-21H2,(H,36,38). The summed E-state index contributed by atoms with van der Waals surface area (Å²) in [4.78, 5) is 16.2. The number of halogens is 4. The van der Waals surface area contributed by atoms with Gasteiger partial charge in [-0.1, -0.05) is 60.7 Å². The Morgan fingerprint density at radius 3 is 2.24 bits per heavy atom. The third kappa shape index (κ3) is 5.63. The molecule has 1 amide bonds. The Morgan fingerprint density at radius 2 is 1.58 bits per heavy atom. The molecule has 0 radical (unpaired) electrons. The minimum atomic E-state index is -4.65. The molecule has 7 heteroatoms. The number of hydrogen-bond acceptors (Lipinski definition) is 2. The van der Waals surface area contributed by atoms with Crippen LogP contribution in [-0.4, -0.2) is 29.9 Å². The van der Waals surface area contributed by atoms with E-state index >= 15 is 0 Å². The maximum absolute atomic E-state index is 13.9. The maximum atomic E-state index is 13.9. The number of nitrogens with one attached hydrogen (secondary N) is 1. The van der Waals surface area contributed by atoms with E-state index in [9.17, 15) is 22.4 Å². The fourth-order valence-corrected chi connectivity index (χ4v) is 6.28. The molecule has 3 aromatic rings. The van der Waals surface area contributed by atoms with E-state index in [2.05, 4.69) is 34.5 Å². The monoisotopic (exact) mass is 524 g/mol. The molecule has 2 atom stereocenters. The summed E-state index contributed by atoms with van der Waals surface area (Å²) < 4.78 is 53.4. The van der Waals surface area contributed by atoms with Gasteiger partial charge in [0.25, 0.3) is 0 Å². The number of likely N-dealkylation sites (tertiary alicyclic amines) is 1. The van der Waals surface area contributed by atoms with Crippen molar-refractivity contribution in [2.75, 3.05) is 13.1 Å². The smallest absolute Gasteiger partial charge is 0.351 e. The van der Waals surface area contributed by atoms with Crippen molar-refractivity contribution in [1.29, 1.82) is 0 Å². The van der Waals surface area contributed by atoms with Crippen LogP contribution in [-0.2, 0) is 22.9 Å². The molecule has 1 saturated carbocycles. The van der Waals surface area contributed by atoms with Crippen LogP contribution in [0.4, 0.5) is 17.6 Å². The van der Waals surface area contributed by atoms with Crippen molar-refractivity contribution in [3.63, 3.8) is 0 Å². The van der Waals surface area contributed by atoms with Gasteiger partial charge in [0.15, 0.2) is 0 Å². The molecule has 1 saturated heterocycles. The summed E-state index contributed by atoms with van der Waals surface area (Å²) >= 11 is 0. The third-order valence-corrected chi connectivity index (χ3v) is 8.30. The van der Waals surface area contributed by atoms with Crippen LogP contribution in [0.5, 0.6) is 0 Å². The summed E-state index contributed by atoms with van der Waals surface area (Å²) in [5, 5.41) is 2.85. The predicted molar refractivity (Wildman–Crippen MR) is 139 cm³/mol. The SMILES string of the molecule is O=C(NCc1cc(F)cc(C(F)(F)F)c1)C1(c2ccccc2)CCC(N2CCC(c3ccccc3)CC2)C1. The number of carbonyl (C=O) groups is 1. The second-order valence-corrected chi connectivity index (χ2v) is 10.6. The van der Waals surface area contributed by atoms with Crippen LogP contribution in [0.15, 0.2) is 78.9 Å². The van der Waals surface area contributed by atoms with Crippen molar-refractivity contribution in [2.45, 2.75) is 62.2 Å². The van der Waals surface area contributed by atoms with Crippen LogP contribution in [0.1, 0.15) is 60.3 Å². The summed E-state index contributed by atoms with van der Waals surface area (Å²) in [6.45, 7) is 1.78. The van der Waals surface area contributed by atoms with Crippen molar-refractivity contribution in [1.82, 2.24) is 10.2 Å². The molecule has 2 fully saturated rings. The van der Waals surface area contributed by atoms with Crippen LogP contribution in [0, 0.1) is 5.82 Å². The number of rotatable bonds is 6. The molecule has 0 aromatic heterocycles. The zero-order valence-corrected chi connectivity index (χ0v) is 21.2. The van der Waals surface area contributed by atoms with Crippen LogP contribution in [0.25, 0.3) is 0 Å². The minimum Gasteiger partial charge on any atom is -0.351 e. The first-order valence-electron chi connectivity index (χ1n) is 13.2. The Hall–Kier alpha value is -3.19. The lowest BCUT2D eigenvalue weighted by molar-refractivity contribution is -0.137. The molecule has 3 aromatic carbocycles. The summed E-state index contributed by atoms with van der Waals surface area (Å²) in [6, 6.07) is 22.9. The minimum absolute atomic E-state index is 0.0893. The van der Waals surface area contributed by atoms with Gasteiger partial charge in [-0.2, -0.15) is 13.2 Å². The molecule has 200 valence electrons. The Kier molecular flexibility index (Phi) is 7.57. The van der Waals surface area contributed by atoms with Crippen molar-refractivity contribution in [3.05, 3.63) is 107 Å². The molecule has 38 heavy (non-hydrogen) atoms. The Labute approximate surface area is 220 Å². The van der Waals surface area contributed by atoms with Crippen molar-refractivity contribution in [3.8, 4) is 0 Å². The van der Waals surface area contributed by atoms with E-state index in [-0.39, 0.29) is 24.1 Å². The molecule has 1 heterocycles. The van der Waals surface area contributed by atoms with Crippen LogP contribution >= 0.6 is 0 Å². The average molecular weight is 525 g/mol. The summed E-state index contributed by atoms with van der Waals surface area (Å²) in [5.74, 6) is -0.645. The van der Waals surface area contributed by atoms with E-state index in [1.54, 1.807) is 0 Å². The quantitative estimate of drug-likeness (QED) is 0.359. The number of piperidine rings is 1. The van der Waals surface area contributed by atoms with Gasteiger partial charge in [-0.05, 0) is 86.0 Å². The molecule has 3 nitrogen and oxygen atoms in total. The average Bonchev–Trinajstić information content (AvgIpc) is 3.39. The normalized spacial score (nSPS) is 22.9. The van der Waals surface area contributed by atoms with E-state index in [1.807, 2.05) is 36.4 Å². The lowest BCUT2D eigenvalue weighted by atomic mass is 9.77. The highest BCUT2D eigenvalue weighted by Crippen LogP contribution is 2.44. The van der Waals surface area contributed by atoms with Gasteiger partial charge in [-0.3, -0.25) is 4.79 Å². The lowest BCUT2D eigenvalue weighted by Crippen LogP contribution is -2.45. The van der Waals surface area contributed by atoms with Crippen molar-refractivity contribution >= 4 is 5.91 Å². The molecule has 1 N–H and O–H groups in total. The number of alkyl halides is 3. The topological polar surface area (TPSA) is 32.3 Å². The van der Waals surface area contributed by atoms with Gasteiger partial charge in [0.05, 0.1) is 11.0 Å². The molecule has 1 aliphatic carbocycles. The zero-order valence-electron chi connectivity index (χ0n) is 21.2. The molecular weight excluding hydrogens is 492 g/mol. The van der Waals surface area contributed by atoms with Crippen molar-refractivity contribution in [2.24, 2.45) is 0 Å². The predicted octanol–water partition coefficient (Wildman–Crippen LogP) is 6.83. The molecular formula is C31H32F4N2O. The van der Waals surface area contributed by atoms with Crippen LogP contribution in [0.3, 0.4) is 0 Å². The summed E-state index contributed by atoms with van der Waals surface area (Å²) in [6.07, 6.45) is -0.327. The number of amides is 1. The van der Waals surface area contributed by atoms with Gasteiger partial charge in [0.2, 0.25) is 5.91 Å². The second-order valence-electron chi connectivity index (χ2n) is 10.6. The van der Waals surface area contributed by atoms with Crippen molar-refractivity contribution < 1.29 is 22.4 Å². The number of hydrogen-bond donors (Lipinski definition) is 1. The number of carbonyl (C=O) groups excluding carboxylic acids is 1. The number of nitrogens with zero attached hydrogens (tertiary/aromatic N) is 1. The Morgan fingerprint density at radius 1 is 0.921 bits per heavy atom. The molecule has 5 rings (SSSR count). The van der Waals surface area contributed by atoms with Gasteiger partial charge in [-0.25, -0.2) is 4.39 Å². The Bertz CT molecular complexity index is 1240. The van der Waals surface area contributed by atoms with E-state index in [0.717, 1.165) is 50.0 Å². The maximum Gasteiger partial charge on any atom is 0.416 e. The molecule has 2 unspecified atom stereocenters. The summed E-state index contributed by atoms with van der Waals surface area (Å²) in [7, 11) is 0. The van der Waals surface area contributed by atoms with Gasteiger partial charge >= 0.3 is 6.18 Å². The second kappa shape index (κ2) is 10.9. The molecule has 0 bridgehead atoms. The van der Waals surface area contributed by atoms with Crippen LogP contribution in [0.2, 0.25) is 0 Å². The number of benzene rings is 3. The van der Waals surface area contributed by atoms with E-state index in [4.69, 9.17) is 0 Å². The first kappa shape index (κ1) is 26.4. The lowest BCUT2D eigenvalue weighted by Gasteiger charge is -2.37. The van der Waals surface area contributed by atoms with E-state index in [0.29, 0.717) is 24.8 Å². The van der Waals surface area contributed by atoms with E-state index in [1.165, 1.54) is 5.56 Å². The highest BCUT2D eigenvalue weighted by molar-refractivity contribution is 5.88. The zero-order chi connectivity index (χ0) is 26.8. The highest BCUT2D eigenvalue weighted by atomic mass is 19.4. The third-order valence-electron chi connectivity index (χ3n) is 8.30. The molecule has 0 spiro atoms. The fourth-order valence-electron chi connectivity index (χ4n) is 6.28. The molecule has 2 aliphatic rings. The first-order valence-corrected chi connectivity index (χ1v) is 13.2.